The van der Waals surface area contributed by atoms with Crippen LogP contribution in [0.4, 0.5) is 0 Å². The van der Waals surface area contributed by atoms with Gasteiger partial charge in [-0.1, -0.05) is 42.8 Å². The number of carbonyl (C=O) groups is 2. The van der Waals surface area contributed by atoms with E-state index in [0.717, 1.165) is 38.4 Å². The van der Waals surface area contributed by atoms with E-state index in [4.69, 9.17) is 11.6 Å². The first-order valence-corrected chi connectivity index (χ1v) is 12.5. The molecule has 0 saturated carbocycles. The Balaban J connectivity index is 1.33. The summed E-state index contributed by atoms with van der Waals surface area (Å²) < 4.78 is 0. The Kier molecular flexibility index (Phi) is 8.05. The molecular formula is C27H34ClN3O2. The van der Waals surface area contributed by atoms with E-state index in [0.29, 0.717) is 30.2 Å². The molecule has 33 heavy (non-hydrogen) atoms. The molecule has 5 nitrogen and oxygen atoms in total. The van der Waals surface area contributed by atoms with E-state index in [1.54, 1.807) is 29.2 Å². The van der Waals surface area contributed by atoms with E-state index >= 15 is 0 Å². The SMILES string of the molecule is CC1CCCN(Cc2ccccc2CNC(=O)C2CCCN(C(=O)c3ccc(Cl)cc3)C2)C1. The molecule has 2 aliphatic heterocycles. The number of nitrogens with one attached hydrogen (secondary N) is 1. The number of nitrogens with zero attached hydrogens (tertiary/aromatic N) is 2. The van der Waals surface area contributed by atoms with Gasteiger partial charge in [-0.2, -0.15) is 0 Å². The molecule has 6 heteroatoms. The zero-order chi connectivity index (χ0) is 23.2. The van der Waals surface area contributed by atoms with Crippen molar-refractivity contribution in [1.82, 2.24) is 15.1 Å². The van der Waals surface area contributed by atoms with Crippen LogP contribution in [0.1, 0.15) is 54.1 Å². The Morgan fingerprint density at radius 3 is 2.45 bits per heavy atom. The molecule has 0 bridgehead atoms. The van der Waals surface area contributed by atoms with E-state index in [-0.39, 0.29) is 17.7 Å². The molecule has 0 aromatic heterocycles. The number of amides is 2. The topological polar surface area (TPSA) is 52.7 Å². The molecule has 2 fully saturated rings. The van der Waals surface area contributed by atoms with Crippen molar-refractivity contribution in [1.29, 1.82) is 0 Å². The molecule has 2 heterocycles. The summed E-state index contributed by atoms with van der Waals surface area (Å²) in [5.41, 5.74) is 3.07. The predicted molar refractivity (Wildman–Crippen MR) is 132 cm³/mol. The largest absolute Gasteiger partial charge is 0.352 e. The third kappa shape index (κ3) is 6.36. The summed E-state index contributed by atoms with van der Waals surface area (Å²) in [6, 6.07) is 15.3. The number of hydrogen-bond donors (Lipinski definition) is 1. The van der Waals surface area contributed by atoms with Crippen molar-refractivity contribution in [3.63, 3.8) is 0 Å². The molecule has 2 atom stereocenters. The van der Waals surface area contributed by atoms with Crippen LogP contribution in [0, 0.1) is 11.8 Å². The lowest BCUT2D eigenvalue weighted by molar-refractivity contribution is -0.126. The molecule has 2 amide bonds. The highest BCUT2D eigenvalue weighted by Crippen LogP contribution is 2.22. The smallest absolute Gasteiger partial charge is 0.253 e. The van der Waals surface area contributed by atoms with Gasteiger partial charge in [0, 0.05) is 43.3 Å². The van der Waals surface area contributed by atoms with Crippen LogP contribution in [-0.4, -0.2) is 47.8 Å². The first-order chi connectivity index (χ1) is 16.0. The lowest BCUT2D eigenvalue weighted by Crippen LogP contribution is -2.45. The van der Waals surface area contributed by atoms with Gasteiger partial charge in [-0.25, -0.2) is 0 Å². The highest BCUT2D eigenvalue weighted by atomic mass is 35.5. The van der Waals surface area contributed by atoms with Gasteiger partial charge in [-0.15, -0.1) is 0 Å². The van der Waals surface area contributed by atoms with Crippen molar-refractivity contribution >= 4 is 23.4 Å². The van der Waals surface area contributed by atoms with Gasteiger partial charge in [0.25, 0.3) is 5.91 Å². The van der Waals surface area contributed by atoms with Crippen LogP contribution >= 0.6 is 11.6 Å². The third-order valence-corrected chi connectivity index (χ3v) is 7.13. The average molecular weight is 468 g/mol. The maximum atomic E-state index is 13.0. The van der Waals surface area contributed by atoms with Gasteiger partial charge < -0.3 is 10.2 Å². The summed E-state index contributed by atoms with van der Waals surface area (Å²) in [4.78, 5) is 30.2. The molecule has 2 saturated heterocycles. The number of benzene rings is 2. The highest BCUT2D eigenvalue weighted by molar-refractivity contribution is 6.30. The summed E-state index contributed by atoms with van der Waals surface area (Å²) in [5.74, 6) is 0.566. The zero-order valence-corrected chi connectivity index (χ0v) is 20.2. The van der Waals surface area contributed by atoms with Gasteiger partial charge in [0.15, 0.2) is 0 Å². The second-order valence-corrected chi connectivity index (χ2v) is 10.0. The Morgan fingerprint density at radius 1 is 0.970 bits per heavy atom. The van der Waals surface area contributed by atoms with Gasteiger partial charge in [0.2, 0.25) is 5.91 Å². The van der Waals surface area contributed by atoms with Crippen molar-refractivity contribution in [2.75, 3.05) is 26.2 Å². The quantitative estimate of drug-likeness (QED) is 0.667. The summed E-state index contributed by atoms with van der Waals surface area (Å²) in [6.07, 6.45) is 4.21. The molecule has 2 aromatic rings. The highest BCUT2D eigenvalue weighted by Gasteiger charge is 2.29. The van der Waals surface area contributed by atoms with Crippen LogP contribution in [0.3, 0.4) is 0 Å². The minimum atomic E-state index is -0.176. The molecule has 0 spiro atoms. The lowest BCUT2D eigenvalue weighted by Gasteiger charge is -2.32. The lowest BCUT2D eigenvalue weighted by atomic mass is 9.96. The molecular weight excluding hydrogens is 434 g/mol. The van der Waals surface area contributed by atoms with Crippen molar-refractivity contribution in [2.45, 2.75) is 45.7 Å². The first kappa shape index (κ1) is 23.8. The van der Waals surface area contributed by atoms with Crippen molar-refractivity contribution < 1.29 is 9.59 Å². The second kappa shape index (κ2) is 11.2. The standard InChI is InChI=1S/C27H34ClN3O2/c1-20-6-4-14-30(17-20)18-23-8-3-2-7-22(23)16-29-26(32)24-9-5-15-31(19-24)27(33)21-10-12-25(28)13-11-21/h2-3,7-8,10-13,20,24H,4-6,9,14-19H2,1H3,(H,29,32). The number of carbonyl (C=O) groups excluding carboxylic acids is 2. The minimum absolute atomic E-state index is 0.0324. The number of likely N-dealkylation sites (tertiary alicyclic amines) is 2. The van der Waals surface area contributed by atoms with Crippen molar-refractivity contribution in [3.05, 3.63) is 70.2 Å². The van der Waals surface area contributed by atoms with E-state index in [2.05, 4.69) is 35.3 Å². The van der Waals surface area contributed by atoms with Gasteiger partial charge in [0.1, 0.15) is 0 Å². The molecule has 176 valence electrons. The number of halogens is 1. The maximum Gasteiger partial charge on any atom is 0.253 e. The molecule has 4 rings (SSSR count). The Bertz CT molecular complexity index is 962. The van der Waals surface area contributed by atoms with Gasteiger partial charge >= 0.3 is 0 Å². The van der Waals surface area contributed by atoms with Crippen molar-refractivity contribution in [3.8, 4) is 0 Å². The fourth-order valence-electron chi connectivity index (χ4n) is 5.03. The predicted octanol–water partition coefficient (Wildman–Crippen LogP) is 4.74. The first-order valence-electron chi connectivity index (χ1n) is 12.1. The van der Waals surface area contributed by atoms with Crippen LogP contribution in [0.2, 0.25) is 5.02 Å². The number of hydrogen-bond acceptors (Lipinski definition) is 3. The van der Waals surface area contributed by atoms with Crippen LogP contribution in [-0.2, 0) is 17.9 Å². The average Bonchev–Trinajstić information content (AvgIpc) is 2.83. The Hall–Kier alpha value is -2.37. The molecule has 0 radical (unpaired) electrons. The Labute approximate surface area is 202 Å². The summed E-state index contributed by atoms with van der Waals surface area (Å²) in [5, 5.41) is 3.76. The number of piperidine rings is 2. The maximum absolute atomic E-state index is 13.0. The van der Waals surface area contributed by atoms with Gasteiger partial charge in [-0.3, -0.25) is 14.5 Å². The van der Waals surface area contributed by atoms with Gasteiger partial charge in [-0.05, 0) is 73.5 Å². The van der Waals surface area contributed by atoms with Crippen LogP contribution in [0.5, 0.6) is 0 Å². The Morgan fingerprint density at radius 2 is 1.70 bits per heavy atom. The van der Waals surface area contributed by atoms with Crippen LogP contribution in [0.15, 0.2) is 48.5 Å². The van der Waals surface area contributed by atoms with E-state index in [9.17, 15) is 9.59 Å². The van der Waals surface area contributed by atoms with Gasteiger partial charge in [0.05, 0.1) is 5.92 Å². The van der Waals surface area contributed by atoms with Crippen LogP contribution in [0.25, 0.3) is 0 Å². The summed E-state index contributed by atoms with van der Waals surface area (Å²) >= 11 is 5.94. The number of rotatable bonds is 6. The fraction of sp³-hybridized carbons (Fsp3) is 0.481. The van der Waals surface area contributed by atoms with Crippen molar-refractivity contribution in [2.24, 2.45) is 11.8 Å². The van der Waals surface area contributed by atoms with Crippen LogP contribution < -0.4 is 5.32 Å². The third-order valence-electron chi connectivity index (χ3n) is 6.88. The van der Waals surface area contributed by atoms with E-state index in [1.165, 1.54) is 24.0 Å². The van der Waals surface area contributed by atoms with E-state index in [1.807, 2.05) is 6.07 Å². The van der Waals surface area contributed by atoms with E-state index < -0.39 is 0 Å². The zero-order valence-electron chi connectivity index (χ0n) is 19.4. The molecule has 2 unspecified atom stereocenters. The minimum Gasteiger partial charge on any atom is -0.352 e. The summed E-state index contributed by atoms with van der Waals surface area (Å²) in [6.45, 7) is 7.21. The monoisotopic (exact) mass is 467 g/mol. The molecule has 1 N–H and O–H groups in total. The fourth-order valence-corrected chi connectivity index (χ4v) is 5.16. The molecule has 2 aliphatic rings. The summed E-state index contributed by atoms with van der Waals surface area (Å²) in [7, 11) is 0. The molecule has 0 aliphatic carbocycles. The second-order valence-electron chi connectivity index (χ2n) is 9.57. The molecule has 2 aromatic carbocycles. The normalized spacial score (nSPS) is 21.6.